The van der Waals surface area contributed by atoms with Gasteiger partial charge >= 0.3 is 6.18 Å². The Bertz CT molecular complexity index is 703. The maximum absolute atomic E-state index is 12.7. The molecule has 0 spiro atoms. The van der Waals surface area contributed by atoms with Crippen molar-refractivity contribution in [2.24, 2.45) is 0 Å². The summed E-state index contributed by atoms with van der Waals surface area (Å²) in [6, 6.07) is 3.84. The van der Waals surface area contributed by atoms with Crippen LogP contribution in [0.4, 0.5) is 13.2 Å². The lowest BCUT2D eigenvalue weighted by Gasteiger charge is -2.16. The summed E-state index contributed by atoms with van der Waals surface area (Å²) < 4.78 is 39.2. The van der Waals surface area contributed by atoms with Gasteiger partial charge in [0.2, 0.25) is 0 Å². The van der Waals surface area contributed by atoms with E-state index < -0.39 is 12.0 Å². The topological polar surface area (TPSA) is 30.7 Å². The Kier molecular flexibility index (Phi) is 3.71. The maximum Gasteiger partial charge on any atom is 0.453 e. The summed E-state index contributed by atoms with van der Waals surface area (Å²) in [4.78, 5) is 4.16. The van der Waals surface area contributed by atoms with Crippen LogP contribution in [-0.4, -0.2) is 14.8 Å². The van der Waals surface area contributed by atoms with Gasteiger partial charge < -0.3 is 0 Å². The highest BCUT2D eigenvalue weighted by Crippen LogP contribution is 2.44. The Balaban J connectivity index is 2.09. The van der Waals surface area contributed by atoms with Crippen LogP contribution in [0.5, 0.6) is 0 Å². The van der Waals surface area contributed by atoms with Gasteiger partial charge in [-0.05, 0) is 41.9 Å². The second-order valence-corrected chi connectivity index (χ2v) is 6.39. The molecular weight excluding hydrogens is 311 g/mol. The average Bonchev–Trinajstić information content (AvgIpc) is 3.12. The number of hydrogen-bond acceptors (Lipinski definition) is 3. The molecule has 2 aromatic rings. The van der Waals surface area contributed by atoms with E-state index in [9.17, 15) is 13.2 Å². The van der Waals surface area contributed by atoms with Gasteiger partial charge in [0, 0.05) is 4.90 Å². The number of aromatic nitrogens is 3. The third kappa shape index (κ3) is 2.86. The lowest BCUT2D eigenvalue weighted by molar-refractivity contribution is -0.144. The van der Waals surface area contributed by atoms with Gasteiger partial charge in [0.05, 0.1) is 5.69 Å². The maximum atomic E-state index is 12.7. The molecular formula is C15H16F3N3S. The van der Waals surface area contributed by atoms with E-state index in [0.29, 0.717) is 11.6 Å². The zero-order valence-electron chi connectivity index (χ0n) is 12.2. The molecule has 1 aromatic carbocycles. The van der Waals surface area contributed by atoms with Crippen LogP contribution in [-0.2, 0) is 6.18 Å². The van der Waals surface area contributed by atoms with E-state index in [-0.39, 0.29) is 5.92 Å². The van der Waals surface area contributed by atoms with Crippen LogP contribution in [0.25, 0.3) is 5.69 Å². The van der Waals surface area contributed by atoms with Gasteiger partial charge in [-0.1, -0.05) is 19.9 Å². The zero-order valence-corrected chi connectivity index (χ0v) is 13.1. The summed E-state index contributed by atoms with van der Waals surface area (Å²) in [7, 11) is 0. The molecule has 1 fully saturated rings. The van der Waals surface area contributed by atoms with Crippen molar-refractivity contribution in [2.75, 3.05) is 0 Å². The molecule has 1 heterocycles. The van der Waals surface area contributed by atoms with E-state index >= 15 is 0 Å². The fraction of sp³-hybridized carbons (Fsp3) is 0.467. The Morgan fingerprint density at radius 1 is 1.27 bits per heavy atom. The summed E-state index contributed by atoms with van der Waals surface area (Å²) in [5.41, 5.74) is 2.73. The van der Waals surface area contributed by atoms with Crippen molar-refractivity contribution >= 4 is 12.6 Å². The molecule has 1 saturated carbocycles. The lowest BCUT2D eigenvalue weighted by atomic mass is 9.97. The minimum absolute atomic E-state index is 0.167. The Hall–Kier alpha value is -1.50. The van der Waals surface area contributed by atoms with Gasteiger partial charge in [0.15, 0.2) is 0 Å². The first-order valence-electron chi connectivity index (χ1n) is 7.13. The molecule has 22 heavy (non-hydrogen) atoms. The van der Waals surface area contributed by atoms with Crippen molar-refractivity contribution in [3.05, 3.63) is 35.4 Å². The van der Waals surface area contributed by atoms with E-state index in [0.717, 1.165) is 29.6 Å². The van der Waals surface area contributed by atoms with Crippen molar-refractivity contribution in [1.82, 2.24) is 14.8 Å². The lowest BCUT2D eigenvalue weighted by Crippen LogP contribution is -2.09. The molecule has 3 rings (SSSR count). The van der Waals surface area contributed by atoms with Crippen LogP contribution in [0, 0.1) is 0 Å². The van der Waals surface area contributed by atoms with Crippen LogP contribution < -0.4 is 0 Å². The molecule has 118 valence electrons. The van der Waals surface area contributed by atoms with E-state index in [1.165, 1.54) is 10.2 Å². The standard InChI is InChI=1S/C15H16F3N3S/c1-8(2)10-5-11(9-3-4-9)13(22)6-12(10)21-7-19-14(20-21)15(16,17)18/h5-9,22H,3-4H2,1-2H3. The molecule has 7 heteroatoms. The minimum atomic E-state index is -4.54. The average molecular weight is 327 g/mol. The summed E-state index contributed by atoms with van der Waals surface area (Å²) in [5, 5.41) is 3.57. The minimum Gasteiger partial charge on any atom is -0.220 e. The SMILES string of the molecule is CC(C)c1cc(C2CC2)c(S)cc1-n1cnc(C(F)(F)F)n1. The first-order valence-corrected chi connectivity index (χ1v) is 7.58. The summed E-state index contributed by atoms with van der Waals surface area (Å²) in [6.07, 6.45) is -1.15. The van der Waals surface area contributed by atoms with Crippen molar-refractivity contribution < 1.29 is 13.2 Å². The first kappa shape index (κ1) is 15.4. The van der Waals surface area contributed by atoms with Crippen molar-refractivity contribution in [1.29, 1.82) is 0 Å². The molecule has 0 N–H and O–H groups in total. The van der Waals surface area contributed by atoms with Gasteiger partial charge in [0.25, 0.3) is 5.82 Å². The van der Waals surface area contributed by atoms with Gasteiger partial charge in [0.1, 0.15) is 6.33 Å². The van der Waals surface area contributed by atoms with E-state index in [1.54, 1.807) is 6.07 Å². The highest BCUT2D eigenvalue weighted by atomic mass is 32.1. The van der Waals surface area contributed by atoms with Crippen molar-refractivity contribution in [3.8, 4) is 5.69 Å². The Labute approximate surface area is 132 Å². The van der Waals surface area contributed by atoms with Crippen LogP contribution in [0.3, 0.4) is 0 Å². The van der Waals surface area contributed by atoms with Crippen LogP contribution >= 0.6 is 12.6 Å². The number of alkyl halides is 3. The van der Waals surface area contributed by atoms with E-state index in [4.69, 9.17) is 0 Å². The molecule has 0 atom stereocenters. The molecule has 1 aliphatic rings. The fourth-order valence-corrected chi connectivity index (χ4v) is 2.87. The molecule has 1 aromatic heterocycles. The quantitative estimate of drug-likeness (QED) is 0.837. The third-order valence-corrected chi connectivity index (χ3v) is 4.19. The van der Waals surface area contributed by atoms with Gasteiger partial charge in [-0.3, -0.25) is 0 Å². The van der Waals surface area contributed by atoms with Crippen LogP contribution in [0.15, 0.2) is 23.4 Å². The van der Waals surface area contributed by atoms with Crippen LogP contribution in [0.1, 0.15) is 55.5 Å². The molecule has 0 amide bonds. The number of rotatable bonds is 3. The van der Waals surface area contributed by atoms with Gasteiger partial charge in [-0.25, -0.2) is 9.67 Å². The highest BCUT2D eigenvalue weighted by molar-refractivity contribution is 7.80. The molecule has 0 aliphatic heterocycles. The van der Waals surface area contributed by atoms with E-state index in [2.05, 4.69) is 28.8 Å². The Morgan fingerprint density at radius 2 is 1.95 bits per heavy atom. The second kappa shape index (κ2) is 5.30. The smallest absolute Gasteiger partial charge is 0.220 e. The fourth-order valence-electron chi connectivity index (χ4n) is 2.50. The van der Waals surface area contributed by atoms with Gasteiger partial charge in [-0.15, -0.1) is 17.7 Å². The molecule has 0 saturated heterocycles. The number of hydrogen-bond donors (Lipinski definition) is 1. The second-order valence-electron chi connectivity index (χ2n) is 5.91. The molecule has 1 aliphatic carbocycles. The molecule has 0 unspecified atom stereocenters. The third-order valence-electron chi connectivity index (χ3n) is 3.81. The largest absolute Gasteiger partial charge is 0.453 e. The van der Waals surface area contributed by atoms with E-state index in [1.807, 2.05) is 13.8 Å². The van der Waals surface area contributed by atoms with Crippen molar-refractivity contribution in [3.63, 3.8) is 0 Å². The molecule has 0 bridgehead atoms. The first-order chi connectivity index (χ1) is 10.3. The molecule has 0 radical (unpaired) electrons. The summed E-state index contributed by atoms with van der Waals surface area (Å²) in [6.45, 7) is 4.02. The summed E-state index contributed by atoms with van der Waals surface area (Å²) in [5.74, 6) is -0.435. The summed E-state index contributed by atoms with van der Waals surface area (Å²) >= 11 is 4.49. The number of halogens is 3. The Morgan fingerprint density at radius 3 is 2.45 bits per heavy atom. The van der Waals surface area contributed by atoms with Crippen LogP contribution in [0.2, 0.25) is 0 Å². The number of benzene rings is 1. The predicted molar refractivity (Wildman–Crippen MR) is 79.7 cm³/mol. The number of thiol groups is 1. The predicted octanol–water partition coefficient (Wildman–Crippen LogP) is 4.58. The zero-order chi connectivity index (χ0) is 16.1. The highest BCUT2D eigenvalue weighted by Gasteiger charge is 2.36. The molecule has 3 nitrogen and oxygen atoms in total. The van der Waals surface area contributed by atoms with Crippen molar-refractivity contribution in [2.45, 2.75) is 49.6 Å². The monoisotopic (exact) mass is 327 g/mol. The number of nitrogens with zero attached hydrogens (tertiary/aromatic N) is 3. The van der Waals surface area contributed by atoms with Gasteiger partial charge in [-0.2, -0.15) is 13.2 Å². The normalized spacial score (nSPS) is 15.6.